The number of aromatic nitrogens is 3. The summed E-state index contributed by atoms with van der Waals surface area (Å²) in [7, 11) is 0. The summed E-state index contributed by atoms with van der Waals surface area (Å²) in [6, 6.07) is 73.0. The molecule has 65 heavy (non-hydrogen) atoms. The number of benzene rings is 10. The van der Waals surface area contributed by atoms with Crippen molar-refractivity contribution in [1.82, 2.24) is 14.5 Å². The first-order valence-corrected chi connectivity index (χ1v) is 22.9. The van der Waals surface area contributed by atoms with Crippen molar-refractivity contribution in [2.45, 2.75) is 39.5 Å². The van der Waals surface area contributed by atoms with Gasteiger partial charge in [0.2, 0.25) is 5.95 Å². The third kappa shape index (κ3) is 6.10. The number of para-hydroxylation sites is 2. The molecule has 0 amide bonds. The molecule has 0 spiro atoms. The van der Waals surface area contributed by atoms with Gasteiger partial charge in [-0.05, 0) is 95.5 Å². The third-order valence-corrected chi connectivity index (χ3v) is 13.6. The van der Waals surface area contributed by atoms with Gasteiger partial charge < -0.3 is 0 Å². The van der Waals surface area contributed by atoms with E-state index in [1.807, 2.05) is 0 Å². The highest BCUT2D eigenvalue weighted by atomic mass is 15.2. The minimum Gasteiger partial charge on any atom is -0.277 e. The number of fused-ring (bicyclic) bond motifs is 11. The summed E-state index contributed by atoms with van der Waals surface area (Å²) < 4.78 is 2.33. The van der Waals surface area contributed by atoms with E-state index in [-0.39, 0.29) is 5.41 Å². The van der Waals surface area contributed by atoms with E-state index in [4.69, 9.17) is 9.97 Å². The zero-order valence-corrected chi connectivity index (χ0v) is 37.1. The average molecular weight is 834 g/mol. The Morgan fingerprint density at radius 1 is 0.415 bits per heavy atom. The lowest BCUT2D eigenvalue weighted by Gasteiger charge is -2.22. The van der Waals surface area contributed by atoms with Gasteiger partial charge in [-0.1, -0.05) is 210 Å². The summed E-state index contributed by atoms with van der Waals surface area (Å²) in [5, 5.41) is 10.8. The van der Waals surface area contributed by atoms with Crippen molar-refractivity contribution in [1.29, 1.82) is 0 Å². The van der Waals surface area contributed by atoms with Crippen LogP contribution in [-0.2, 0) is 5.41 Å². The van der Waals surface area contributed by atoms with E-state index in [0.717, 1.165) is 38.8 Å². The van der Waals surface area contributed by atoms with Gasteiger partial charge in [-0.2, -0.15) is 0 Å². The van der Waals surface area contributed by atoms with Crippen molar-refractivity contribution in [3.63, 3.8) is 0 Å². The molecule has 13 rings (SSSR count). The van der Waals surface area contributed by atoms with E-state index in [2.05, 4.69) is 232 Å². The maximum absolute atomic E-state index is 5.57. The van der Waals surface area contributed by atoms with Crippen LogP contribution >= 0.6 is 0 Å². The van der Waals surface area contributed by atoms with E-state index in [1.54, 1.807) is 0 Å². The Bertz CT molecular complexity index is 3850. The maximum Gasteiger partial charge on any atom is 0.235 e. The Balaban J connectivity index is 0.00000144. The quantitative estimate of drug-likeness (QED) is 0.177. The molecule has 0 aliphatic heterocycles. The second kappa shape index (κ2) is 15.1. The summed E-state index contributed by atoms with van der Waals surface area (Å²) in [4.78, 5) is 11.0. The summed E-state index contributed by atoms with van der Waals surface area (Å²) in [6.07, 6.45) is 1.25. The van der Waals surface area contributed by atoms with E-state index in [9.17, 15) is 0 Å². The second-order valence-corrected chi connectivity index (χ2v) is 18.0. The SMILES string of the molecule is CC1(C)c2cc(-c3cccc4c5cc6ccccc6cc5n(-c5nc(-c6ccc(-c7cccc8ccccc78)cc6)c6ccccc6n5)c34)ccc2-c2c1ccc1ccccc21.CCC. The van der Waals surface area contributed by atoms with Crippen molar-refractivity contribution in [2.24, 2.45) is 0 Å². The fourth-order valence-corrected chi connectivity index (χ4v) is 10.5. The van der Waals surface area contributed by atoms with Crippen molar-refractivity contribution in [3.05, 3.63) is 211 Å². The van der Waals surface area contributed by atoms with Crippen molar-refractivity contribution in [3.8, 4) is 50.6 Å². The Kier molecular flexibility index (Phi) is 9.03. The van der Waals surface area contributed by atoms with E-state index >= 15 is 0 Å². The molecule has 0 N–H and O–H groups in total. The molecule has 2 aromatic heterocycles. The van der Waals surface area contributed by atoms with Crippen LogP contribution in [-0.4, -0.2) is 14.5 Å². The topological polar surface area (TPSA) is 30.7 Å². The molecular formula is C62H47N3. The Morgan fingerprint density at radius 2 is 1.00 bits per heavy atom. The van der Waals surface area contributed by atoms with Crippen LogP contribution in [0.3, 0.4) is 0 Å². The summed E-state index contributed by atoms with van der Waals surface area (Å²) in [6.45, 7) is 9.00. The molecule has 1 aliphatic carbocycles. The number of rotatable bonds is 4. The first kappa shape index (κ1) is 38.8. The molecule has 0 unspecified atom stereocenters. The van der Waals surface area contributed by atoms with Gasteiger partial charge in [0.15, 0.2) is 0 Å². The Hall–Kier alpha value is -7.88. The highest BCUT2D eigenvalue weighted by Gasteiger charge is 2.37. The molecule has 0 atom stereocenters. The highest BCUT2D eigenvalue weighted by Crippen LogP contribution is 2.52. The van der Waals surface area contributed by atoms with Crippen LogP contribution in [0.15, 0.2) is 200 Å². The molecule has 0 radical (unpaired) electrons. The van der Waals surface area contributed by atoms with Gasteiger partial charge in [0, 0.05) is 32.7 Å². The van der Waals surface area contributed by atoms with E-state index in [0.29, 0.717) is 5.95 Å². The molecule has 310 valence electrons. The average Bonchev–Trinajstić information content (AvgIpc) is 3.80. The van der Waals surface area contributed by atoms with E-state index in [1.165, 1.54) is 88.5 Å². The lowest BCUT2D eigenvalue weighted by molar-refractivity contribution is 0.661. The first-order valence-electron chi connectivity index (χ1n) is 22.9. The van der Waals surface area contributed by atoms with Crippen LogP contribution in [0.5, 0.6) is 0 Å². The van der Waals surface area contributed by atoms with Gasteiger partial charge in [-0.15, -0.1) is 0 Å². The molecule has 2 heterocycles. The van der Waals surface area contributed by atoms with Gasteiger partial charge in [0.1, 0.15) is 0 Å². The molecule has 0 saturated heterocycles. The Labute approximate surface area is 379 Å². The summed E-state index contributed by atoms with van der Waals surface area (Å²) in [5.41, 5.74) is 15.0. The zero-order chi connectivity index (χ0) is 43.8. The highest BCUT2D eigenvalue weighted by molar-refractivity contribution is 6.17. The molecule has 3 heteroatoms. The fourth-order valence-electron chi connectivity index (χ4n) is 10.5. The van der Waals surface area contributed by atoms with Crippen LogP contribution in [0, 0.1) is 0 Å². The maximum atomic E-state index is 5.57. The molecule has 0 bridgehead atoms. The largest absolute Gasteiger partial charge is 0.277 e. The van der Waals surface area contributed by atoms with Crippen LogP contribution in [0.25, 0.3) is 116 Å². The van der Waals surface area contributed by atoms with Crippen molar-refractivity contribution in [2.75, 3.05) is 0 Å². The van der Waals surface area contributed by atoms with Crippen LogP contribution in [0.2, 0.25) is 0 Å². The molecule has 10 aromatic carbocycles. The van der Waals surface area contributed by atoms with Crippen molar-refractivity contribution < 1.29 is 0 Å². The zero-order valence-electron chi connectivity index (χ0n) is 37.1. The number of nitrogens with zero attached hydrogens (tertiary/aromatic N) is 3. The molecule has 0 saturated carbocycles. The predicted molar refractivity (Wildman–Crippen MR) is 276 cm³/mol. The molecule has 12 aromatic rings. The fraction of sp³-hybridized carbons (Fsp3) is 0.0968. The molecule has 1 aliphatic rings. The van der Waals surface area contributed by atoms with Gasteiger partial charge in [-0.25, -0.2) is 9.97 Å². The minimum absolute atomic E-state index is 0.164. The van der Waals surface area contributed by atoms with Gasteiger partial charge in [0.05, 0.1) is 22.2 Å². The standard InChI is InChI=1S/C59H39N3.C3H8/c1-59(2)51-32-30-37-14-6-8-19-45(37)55(51)48-31-29-42(34-52(48)59)46-22-12-23-47-50-33-40-15-3-4-16-41(40)35-54(50)62(57(46)47)58-60-53-24-10-9-20-49(53)56(61-58)39-27-25-38(26-28-39)44-21-11-17-36-13-5-7-18-43(36)44;1-3-2/h3-35H,1-2H3;3H2,1-2H3. The van der Waals surface area contributed by atoms with Crippen LogP contribution < -0.4 is 0 Å². The molecular weight excluding hydrogens is 787 g/mol. The summed E-state index contributed by atoms with van der Waals surface area (Å²) >= 11 is 0. The normalized spacial score (nSPS) is 12.8. The van der Waals surface area contributed by atoms with Gasteiger partial charge >= 0.3 is 0 Å². The molecule has 3 nitrogen and oxygen atoms in total. The second-order valence-electron chi connectivity index (χ2n) is 18.0. The van der Waals surface area contributed by atoms with Gasteiger partial charge in [-0.3, -0.25) is 4.57 Å². The first-order chi connectivity index (χ1) is 31.9. The predicted octanol–water partition coefficient (Wildman–Crippen LogP) is 16.9. The van der Waals surface area contributed by atoms with E-state index < -0.39 is 0 Å². The third-order valence-electron chi connectivity index (χ3n) is 13.6. The lowest BCUT2D eigenvalue weighted by Crippen LogP contribution is -2.15. The van der Waals surface area contributed by atoms with Crippen LogP contribution in [0.1, 0.15) is 45.2 Å². The van der Waals surface area contributed by atoms with Crippen molar-refractivity contribution >= 4 is 65.0 Å². The van der Waals surface area contributed by atoms with Crippen LogP contribution in [0.4, 0.5) is 0 Å². The van der Waals surface area contributed by atoms with Gasteiger partial charge in [0.25, 0.3) is 0 Å². The minimum atomic E-state index is -0.164. The number of hydrogen-bond acceptors (Lipinski definition) is 2. The lowest BCUT2D eigenvalue weighted by atomic mass is 9.81. The molecule has 0 fully saturated rings. The smallest absolute Gasteiger partial charge is 0.235 e. The summed E-state index contributed by atoms with van der Waals surface area (Å²) in [5.74, 6) is 0.653. The monoisotopic (exact) mass is 833 g/mol. The Morgan fingerprint density at radius 3 is 1.78 bits per heavy atom. The number of hydrogen-bond donors (Lipinski definition) is 0.